The Bertz CT molecular complexity index is 954. The van der Waals surface area contributed by atoms with Gasteiger partial charge >= 0.3 is 0 Å². The van der Waals surface area contributed by atoms with Crippen LogP contribution in [0.1, 0.15) is 11.5 Å². The number of aromatic nitrogens is 2. The lowest BCUT2D eigenvalue weighted by atomic mass is 10.1. The van der Waals surface area contributed by atoms with Crippen molar-refractivity contribution in [2.75, 3.05) is 11.9 Å². The second-order valence-electron chi connectivity index (χ2n) is 5.85. The van der Waals surface area contributed by atoms with Crippen molar-refractivity contribution in [3.8, 4) is 11.4 Å². The third kappa shape index (κ3) is 5.39. The zero-order valence-electron chi connectivity index (χ0n) is 14.5. The molecule has 0 spiro atoms. The Morgan fingerprint density at radius 2 is 1.89 bits per heavy atom. The number of carbonyl (C=O) groups excluding carboxylic acids is 2. The number of hydrogen-bond acceptors (Lipinski definition) is 5. The molecule has 0 saturated heterocycles. The van der Waals surface area contributed by atoms with Gasteiger partial charge in [0, 0.05) is 23.2 Å². The molecular weight excluding hydrogens is 368 g/mol. The van der Waals surface area contributed by atoms with E-state index in [1.54, 1.807) is 49.4 Å². The Hall–Kier alpha value is -3.19. The van der Waals surface area contributed by atoms with Crippen molar-refractivity contribution in [2.24, 2.45) is 0 Å². The quantitative estimate of drug-likeness (QED) is 0.681. The Kier molecular flexibility index (Phi) is 5.83. The smallest absolute Gasteiger partial charge is 0.243 e. The highest BCUT2D eigenvalue weighted by molar-refractivity contribution is 6.30. The van der Waals surface area contributed by atoms with Crippen LogP contribution >= 0.6 is 11.6 Å². The minimum atomic E-state index is -0.333. The molecule has 0 fully saturated rings. The highest BCUT2D eigenvalue weighted by Gasteiger charge is 2.09. The molecule has 1 aromatic heterocycles. The van der Waals surface area contributed by atoms with Crippen molar-refractivity contribution in [1.82, 2.24) is 15.5 Å². The summed E-state index contributed by atoms with van der Waals surface area (Å²) in [4.78, 5) is 28.2. The average Bonchev–Trinajstić information content (AvgIpc) is 3.09. The van der Waals surface area contributed by atoms with Gasteiger partial charge in [-0.15, -0.1) is 0 Å². The van der Waals surface area contributed by atoms with Gasteiger partial charge in [0.1, 0.15) is 0 Å². The van der Waals surface area contributed by atoms with Gasteiger partial charge in [-0.2, -0.15) is 4.98 Å². The van der Waals surface area contributed by atoms with Crippen LogP contribution in [0.25, 0.3) is 11.4 Å². The van der Waals surface area contributed by atoms with E-state index in [0.717, 1.165) is 11.1 Å². The molecule has 0 bridgehead atoms. The van der Waals surface area contributed by atoms with Gasteiger partial charge < -0.3 is 15.2 Å². The maximum Gasteiger partial charge on any atom is 0.243 e. The highest BCUT2D eigenvalue weighted by Crippen LogP contribution is 2.19. The van der Waals surface area contributed by atoms with Gasteiger partial charge in [-0.25, -0.2) is 0 Å². The molecule has 7 nitrogen and oxygen atoms in total. The zero-order chi connectivity index (χ0) is 19.2. The molecule has 0 saturated carbocycles. The minimum Gasteiger partial charge on any atom is -0.347 e. The molecule has 0 aliphatic rings. The molecule has 8 heteroatoms. The largest absolute Gasteiger partial charge is 0.347 e. The number of benzene rings is 2. The molecule has 27 heavy (non-hydrogen) atoms. The zero-order valence-corrected chi connectivity index (χ0v) is 15.3. The number of carbonyl (C=O) groups is 2. The number of halogens is 1. The molecule has 0 unspecified atom stereocenters. The number of amides is 2. The Balaban J connectivity index is 1.52. The first-order valence-corrected chi connectivity index (χ1v) is 8.59. The van der Waals surface area contributed by atoms with Crippen LogP contribution in [-0.2, 0) is 16.0 Å². The normalized spacial score (nSPS) is 10.4. The first-order chi connectivity index (χ1) is 13.0. The summed E-state index contributed by atoms with van der Waals surface area (Å²) in [6.45, 7) is 1.58. The molecule has 1 heterocycles. The maximum atomic E-state index is 12.1. The van der Waals surface area contributed by atoms with Gasteiger partial charge in [-0.05, 0) is 29.8 Å². The van der Waals surface area contributed by atoms with Crippen molar-refractivity contribution in [1.29, 1.82) is 0 Å². The lowest BCUT2D eigenvalue weighted by molar-refractivity contribution is -0.123. The standard InChI is InChI=1S/C19H17ClN4O3/c1-12-22-19(24-27-12)14-3-2-4-16(10-14)23-18(26)11-21-17(25)9-13-5-7-15(20)8-6-13/h2-8,10H,9,11H2,1H3,(H,21,25)(H,23,26). The van der Waals surface area contributed by atoms with Crippen LogP contribution < -0.4 is 10.6 Å². The fourth-order valence-electron chi connectivity index (χ4n) is 2.39. The van der Waals surface area contributed by atoms with Crippen LogP contribution in [0.2, 0.25) is 5.02 Å². The number of rotatable bonds is 6. The average molecular weight is 385 g/mol. The van der Waals surface area contributed by atoms with E-state index in [1.165, 1.54) is 0 Å². The van der Waals surface area contributed by atoms with E-state index in [2.05, 4.69) is 20.8 Å². The second-order valence-corrected chi connectivity index (χ2v) is 6.28. The third-order valence-corrected chi connectivity index (χ3v) is 3.91. The molecule has 0 aliphatic heterocycles. The van der Waals surface area contributed by atoms with Crippen LogP contribution in [0.3, 0.4) is 0 Å². The third-order valence-electron chi connectivity index (χ3n) is 3.66. The summed E-state index contributed by atoms with van der Waals surface area (Å²) in [5.41, 5.74) is 2.11. The SMILES string of the molecule is Cc1nc(-c2cccc(NC(=O)CNC(=O)Cc3ccc(Cl)cc3)c2)no1. The Labute approximate surface area is 160 Å². The van der Waals surface area contributed by atoms with Gasteiger partial charge in [0.05, 0.1) is 13.0 Å². The van der Waals surface area contributed by atoms with E-state index in [4.69, 9.17) is 16.1 Å². The molecule has 0 aliphatic carbocycles. The number of nitrogens with one attached hydrogen (secondary N) is 2. The fourth-order valence-corrected chi connectivity index (χ4v) is 2.51. The van der Waals surface area contributed by atoms with Gasteiger partial charge in [-0.3, -0.25) is 9.59 Å². The summed E-state index contributed by atoms with van der Waals surface area (Å²) in [5, 5.41) is 9.78. The van der Waals surface area contributed by atoms with Crippen molar-refractivity contribution < 1.29 is 14.1 Å². The first-order valence-electron chi connectivity index (χ1n) is 8.21. The summed E-state index contributed by atoms with van der Waals surface area (Å²) in [7, 11) is 0. The highest BCUT2D eigenvalue weighted by atomic mass is 35.5. The van der Waals surface area contributed by atoms with E-state index in [9.17, 15) is 9.59 Å². The van der Waals surface area contributed by atoms with E-state index >= 15 is 0 Å². The number of aryl methyl sites for hydroxylation is 1. The molecule has 2 N–H and O–H groups in total. The van der Waals surface area contributed by atoms with E-state index in [-0.39, 0.29) is 24.8 Å². The lowest BCUT2D eigenvalue weighted by Gasteiger charge is -2.08. The molecular formula is C19H17ClN4O3. The fraction of sp³-hybridized carbons (Fsp3) is 0.158. The van der Waals surface area contributed by atoms with Crippen molar-refractivity contribution in [2.45, 2.75) is 13.3 Å². The number of hydrogen-bond donors (Lipinski definition) is 2. The van der Waals surface area contributed by atoms with Crippen molar-refractivity contribution >= 4 is 29.1 Å². The topological polar surface area (TPSA) is 97.1 Å². The van der Waals surface area contributed by atoms with Crippen molar-refractivity contribution in [3.63, 3.8) is 0 Å². The van der Waals surface area contributed by atoms with Crippen LogP contribution in [0.4, 0.5) is 5.69 Å². The van der Waals surface area contributed by atoms with E-state index in [0.29, 0.717) is 22.4 Å². The molecule has 138 valence electrons. The number of anilines is 1. The molecule has 0 radical (unpaired) electrons. The molecule has 2 amide bonds. The molecule has 3 aromatic rings. The van der Waals surface area contributed by atoms with E-state index in [1.807, 2.05) is 6.07 Å². The van der Waals surface area contributed by atoms with Crippen LogP contribution in [-0.4, -0.2) is 28.5 Å². The molecule has 3 rings (SSSR count). The molecule has 0 atom stereocenters. The lowest BCUT2D eigenvalue weighted by Crippen LogP contribution is -2.33. The summed E-state index contributed by atoms with van der Waals surface area (Å²) >= 11 is 5.81. The Morgan fingerprint density at radius 3 is 2.59 bits per heavy atom. The van der Waals surface area contributed by atoms with Gasteiger partial charge in [0.2, 0.25) is 23.5 Å². The monoisotopic (exact) mass is 384 g/mol. The van der Waals surface area contributed by atoms with Crippen LogP contribution in [0, 0.1) is 6.92 Å². The first kappa shape index (κ1) is 18.6. The van der Waals surface area contributed by atoms with Gasteiger partial charge in [0.25, 0.3) is 0 Å². The predicted molar refractivity (Wildman–Crippen MR) is 101 cm³/mol. The second kappa shape index (κ2) is 8.46. The summed E-state index contributed by atoms with van der Waals surface area (Å²) in [6.07, 6.45) is 0.178. The Morgan fingerprint density at radius 1 is 1.11 bits per heavy atom. The summed E-state index contributed by atoms with van der Waals surface area (Å²) < 4.78 is 4.96. The summed E-state index contributed by atoms with van der Waals surface area (Å²) in [5.74, 6) is 0.326. The minimum absolute atomic E-state index is 0.127. The van der Waals surface area contributed by atoms with Gasteiger partial charge in [-0.1, -0.05) is 41.0 Å². The molecule has 2 aromatic carbocycles. The number of nitrogens with zero attached hydrogens (tertiary/aromatic N) is 2. The van der Waals surface area contributed by atoms with Crippen LogP contribution in [0.5, 0.6) is 0 Å². The van der Waals surface area contributed by atoms with E-state index < -0.39 is 0 Å². The predicted octanol–water partition coefficient (Wildman–Crippen LogP) is 3.00. The summed E-state index contributed by atoms with van der Waals surface area (Å²) in [6, 6.07) is 14.0. The van der Waals surface area contributed by atoms with Gasteiger partial charge in [0.15, 0.2) is 0 Å². The maximum absolute atomic E-state index is 12.1. The van der Waals surface area contributed by atoms with Crippen LogP contribution in [0.15, 0.2) is 53.1 Å². The van der Waals surface area contributed by atoms with Crippen molar-refractivity contribution in [3.05, 3.63) is 65.0 Å².